The van der Waals surface area contributed by atoms with E-state index in [1.54, 1.807) is 0 Å². The fourth-order valence-corrected chi connectivity index (χ4v) is 5.05. The van der Waals surface area contributed by atoms with Crippen LogP contribution in [0.4, 0.5) is 0 Å². The number of nitrogens with zero attached hydrogens (tertiary/aromatic N) is 4. The molecule has 170 valence electrons. The lowest BCUT2D eigenvalue weighted by atomic mass is 9.99. The Morgan fingerprint density at radius 1 is 1.03 bits per heavy atom. The number of hydrogen-bond acceptors (Lipinski definition) is 4. The molecule has 0 radical (unpaired) electrons. The maximum absolute atomic E-state index is 13.3. The summed E-state index contributed by atoms with van der Waals surface area (Å²) >= 11 is 0. The van der Waals surface area contributed by atoms with Gasteiger partial charge in [-0.2, -0.15) is 5.10 Å². The molecule has 0 bridgehead atoms. The van der Waals surface area contributed by atoms with Crippen LogP contribution in [-0.2, 0) is 22.6 Å². The lowest BCUT2D eigenvalue weighted by Crippen LogP contribution is -2.53. The standard InChI is InChI=1S/C26H29N5O2/c1-18-24(19(2)31(28-18)22-10-4-3-5-11-22)25-26(33)27-13-15-30(25)17-23(32)29-14-12-20-8-6-7-9-21(20)16-29/h3-11,25H,12-17H2,1-2H3,(H,27,33). The molecule has 1 unspecified atom stereocenters. The normalized spacial score (nSPS) is 18.7. The number of fused-ring (bicyclic) bond motifs is 1. The third-order valence-corrected chi connectivity index (χ3v) is 6.75. The number of carbonyl (C=O) groups excluding carboxylic acids is 2. The summed E-state index contributed by atoms with van der Waals surface area (Å²) in [6.07, 6.45) is 0.869. The molecule has 1 saturated heterocycles. The van der Waals surface area contributed by atoms with Gasteiger partial charge in [0.05, 0.1) is 17.9 Å². The molecular weight excluding hydrogens is 414 g/mol. The minimum absolute atomic E-state index is 0.0648. The second-order valence-corrected chi connectivity index (χ2v) is 8.83. The molecule has 1 aromatic heterocycles. The fourth-order valence-electron chi connectivity index (χ4n) is 5.05. The summed E-state index contributed by atoms with van der Waals surface area (Å²) in [5.41, 5.74) is 6.09. The molecule has 5 rings (SSSR count). The average Bonchev–Trinajstić information content (AvgIpc) is 3.13. The molecule has 33 heavy (non-hydrogen) atoms. The number of benzene rings is 2. The van der Waals surface area contributed by atoms with Crippen molar-refractivity contribution in [2.24, 2.45) is 0 Å². The quantitative estimate of drug-likeness (QED) is 0.673. The number of nitrogens with one attached hydrogen (secondary N) is 1. The summed E-state index contributed by atoms with van der Waals surface area (Å²) in [6.45, 7) is 6.65. The van der Waals surface area contributed by atoms with Crippen molar-refractivity contribution in [3.8, 4) is 5.69 Å². The molecule has 7 nitrogen and oxygen atoms in total. The fraction of sp³-hybridized carbons (Fsp3) is 0.346. The Morgan fingerprint density at radius 3 is 2.55 bits per heavy atom. The van der Waals surface area contributed by atoms with E-state index in [0.29, 0.717) is 26.2 Å². The lowest BCUT2D eigenvalue weighted by molar-refractivity contribution is -0.137. The van der Waals surface area contributed by atoms with Gasteiger partial charge in [0.15, 0.2) is 0 Å². The van der Waals surface area contributed by atoms with Crippen molar-refractivity contribution >= 4 is 11.8 Å². The minimum Gasteiger partial charge on any atom is -0.353 e. The molecular formula is C26H29N5O2. The van der Waals surface area contributed by atoms with Gasteiger partial charge in [0.25, 0.3) is 0 Å². The van der Waals surface area contributed by atoms with Crippen LogP contribution < -0.4 is 5.32 Å². The first-order chi connectivity index (χ1) is 16.0. The highest BCUT2D eigenvalue weighted by molar-refractivity contribution is 5.86. The van der Waals surface area contributed by atoms with Crippen LogP contribution in [0.5, 0.6) is 0 Å². The van der Waals surface area contributed by atoms with Crippen molar-refractivity contribution in [2.45, 2.75) is 32.9 Å². The van der Waals surface area contributed by atoms with Crippen LogP contribution in [0.3, 0.4) is 0 Å². The summed E-state index contributed by atoms with van der Waals surface area (Å²) in [5.74, 6) is -0.00758. The summed E-state index contributed by atoms with van der Waals surface area (Å²) in [6, 6.07) is 17.7. The molecule has 2 aromatic carbocycles. The number of hydrogen-bond donors (Lipinski definition) is 1. The van der Waals surface area contributed by atoms with E-state index in [9.17, 15) is 9.59 Å². The predicted octanol–water partition coefficient (Wildman–Crippen LogP) is 2.55. The van der Waals surface area contributed by atoms with E-state index in [0.717, 1.165) is 29.1 Å². The monoisotopic (exact) mass is 443 g/mol. The van der Waals surface area contributed by atoms with E-state index in [-0.39, 0.29) is 18.4 Å². The van der Waals surface area contributed by atoms with Crippen molar-refractivity contribution in [3.63, 3.8) is 0 Å². The first-order valence-corrected chi connectivity index (χ1v) is 11.5. The van der Waals surface area contributed by atoms with E-state index in [4.69, 9.17) is 5.10 Å². The van der Waals surface area contributed by atoms with Crippen LogP contribution >= 0.6 is 0 Å². The molecule has 3 aromatic rings. The van der Waals surface area contributed by atoms with Crippen LogP contribution in [-0.4, -0.2) is 57.6 Å². The summed E-state index contributed by atoms with van der Waals surface area (Å²) in [5, 5.41) is 7.72. The first-order valence-electron chi connectivity index (χ1n) is 11.5. The zero-order valence-corrected chi connectivity index (χ0v) is 19.1. The summed E-state index contributed by atoms with van der Waals surface area (Å²) in [4.78, 5) is 30.3. The Bertz CT molecular complexity index is 1190. The van der Waals surface area contributed by atoms with Gasteiger partial charge in [-0.05, 0) is 43.5 Å². The van der Waals surface area contributed by atoms with Crippen LogP contribution in [0.15, 0.2) is 54.6 Å². The number of carbonyl (C=O) groups is 2. The largest absolute Gasteiger partial charge is 0.353 e. The van der Waals surface area contributed by atoms with Gasteiger partial charge in [0.1, 0.15) is 6.04 Å². The minimum atomic E-state index is -0.530. The topological polar surface area (TPSA) is 70.5 Å². The molecule has 2 aliphatic heterocycles. The molecule has 1 N–H and O–H groups in total. The van der Waals surface area contributed by atoms with Crippen molar-refractivity contribution in [1.82, 2.24) is 24.9 Å². The van der Waals surface area contributed by atoms with Gasteiger partial charge in [0, 0.05) is 37.4 Å². The number of piperazine rings is 1. The van der Waals surface area contributed by atoms with Crippen LogP contribution in [0.2, 0.25) is 0 Å². The number of rotatable bonds is 4. The van der Waals surface area contributed by atoms with E-state index < -0.39 is 6.04 Å². The molecule has 2 amide bonds. The number of amides is 2. The second kappa shape index (κ2) is 8.83. The highest BCUT2D eigenvalue weighted by atomic mass is 16.2. The van der Waals surface area contributed by atoms with E-state index in [1.165, 1.54) is 11.1 Å². The van der Waals surface area contributed by atoms with Crippen LogP contribution in [0, 0.1) is 13.8 Å². The highest BCUT2D eigenvalue weighted by Gasteiger charge is 2.37. The molecule has 1 fully saturated rings. The molecule has 0 spiro atoms. The smallest absolute Gasteiger partial charge is 0.242 e. The van der Waals surface area contributed by atoms with Gasteiger partial charge in [-0.1, -0.05) is 42.5 Å². The van der Waals surface area contributed by atoms with Gasteiger partial charge in [-0.15, -0.1) is 0 Å². The van der Waals surface area contributed by atoms with Crippen LogP contribution in [0.25, 0.3) is 5.69 Å². The number of aromatic nitrogens is 2. The number of aryl methyl sites for hydroxylation is 1. The van der Waals surface area contributed by atoms with E-state index in [1.807, 2.05) is 70.8 Å². The zero-order chi connectivity index (χ0) is 22.9. The Hall–Kier alpha value is -3.45. The maximum Gasteiger partial charge on any atom is 0.242 e. The predicted molar refractivity (Wildman–Crippen MR) is 126 cm³/mol. The van der Waals surface area contributed by atoms with Gasteiger partial charge >= 0.3 is 0 Å². The van der Waals surface area contributed by atoms with Gasteiger partial charge < -0.3 is 10.2 Å². The van der Waals surface area contributed by atoms with Crippen molar-refractivity contribution in [2.75, 3.05) is 26.2 Å². The SMILES string of the molecule is Cc1nn(-c2ccccc2)c(C)c1C1C(=O)NCCN1CC(=O)N1CCc2ccccc2C1. The molecule has 2 aliphatic rings. The Kier molecular flexibility index (Phi) is 5.72. The molecule has 7 heteroatoms. The van der Waals surface area contributed by atoms with Crippen molar-refractivity contribution in [3.05, 3.63) is 82.7 Å². The third-order valence-electron chi connectivity index (χ3n) is 6.75. The summed E-state index contributed by atoms with van der Waals surface area (Å²) in [7, 11) is 0. The van der Waals surface area contributed by atoms with E-state index >= 15 is 0 Å². The van der Waals surface area contributed by atoms with Gasteiger partial charge in [0.2, 0.25) is 11.8 Å². The van der Waals surface area contributed by atoms with Gasteiger partial charge in [-0.25, -0.2) is 4.68 Å². The Morgan fingerprint density at radius 2 is 1.76 bits per heavy atom. The van der Waals surface area contributed by atoms with Crippen molar-refractivity contribution < 1.29 is 9.59 Å². The van der Waals surface area contributed by atoms with Crippen molar-refractivity contribution in [1.29, 1.82) is 0 Å². The first kappa shape index (κ1) is 21.4. The Balaban J connectivity index is 1.40. The highest BCUT2D eigenvalue weighted by Crippen LogP contribution is 2.30. The summed E-state index contributed by atoms with van der Waals surface area (Å²) < 4.78 is 1.88. The van der Waals surface area contributed by atoms with Crippen LogP contribution in [0.1, 0.15) is 34.1 Å². The lowest BCUT2D eigenvalue weighted by Gasteiger charge is -2.37. The molecule has 0 saturated carbocycles. The second-order valence-electron chi connectivity index (χ2n) is 8.83. The zero-order valence-electron chi connectivity index (χ0n) is 19.1. The Labute approximate surface area is 194 Å². The number of para-hydroxylation sites is 1. The molecule has 3 heterocycles. The maximum atomic E-state index is 13.3. The molecule has 1 atom stereocenters. The molecule has 0 aliphatic carbocycles. The third kappa shape index (κ3) is 4.04. The average molecular weight is 444 g/mol. The van der Waals surface area contributed by atoms with Gasteiger partial charge in [-0.3, -0.25) is 14.5 Å². The van der Waals surface area contributed by atoms with E-state index in [2.05, 4.69) is 17.4 Å².